The summed E-state index contributed by atoms with van der Waals surface area (Å²) < 4.78 is 6.03. The fraction of sp³-hybridized carbons (Fsp3) is 0.278. The van der Waals surface area contributed by atoms with Gasteiger partial charge in [0, 0.05) is 29.9 Å². The average Bonchev–Trinajstić information content (AvgIpc) is 3.24. The zero-order valence-corrected chi connectivity index (χ0v) is 12.4. The van der Waals surface area contributed by atoms with Crippen LogP contribution in [0.1, 0.15) is 12.0 Å². The molecule has 3 heterocycles. The first-order chi connectivity index (χ1) is 10.9. The molecule has 4 rings (SSSR count). The highest BCUT2D eigenvalue weighted by Crippen LogP contribution is 2.26. The molecule has 0 aliphatic carbocycles. The third-order valence-electron chi connectivity index (χ3n) is 4.22. The van der Waals surface area contributed by atoms with Crippen LogP contribution in [0.4, 0.5) is 0 Å². The number of H-pyrrole nitrogens is 1. The molecule has 0 spiro atoms. The average molecular weight is 293 g/mol. The number of nitrogens with one attached hydrogen (secondary N) is 2. The number of aromatic amines is 1. The Bertz CT molecular complexity index is 775. The summed E-state index contributed by atoms with van der Waals surface area (Å²) in [6, 6.07) is 12.6. The molecule has 0 amide bonds. The molecule has 4 heteroatoms. The lowest BCUT2D eigenvalue weighted by molar-refractivity contribution is 0.0545. The molecule has 112 valence electrons. The van der Waals surface area contributed by atoms with Crippen molar-refractivity contribution in [3.63, 3.8) is 0 Å². The number of hydrogen-bond donors (Lipinski definition) is 2. The molecule has 1 saturated heterocycles. The predicted molar refractivity (Wildman–Crippen MR) is 87.6 cm³/mol. The Kier molecular flexibility index (Phi) is 3.62. The van der Waals surface area contributed by atoms with E-state index < -0.39 is 0 Å². The summed E-state index contributed by atoms with van der Waals surface area (Å²) in [6.07, 6.45) is 5.27. The highest BCUT2D eigenvalue weighted by molar-refractivity contribution is 5.82. The number of nitrogens with zero attached hydrogens (tertiary/aromatic N) is 1. The van der Waals surface area contributed by atoms with Gasteiger partial charge in [-0.05, 0) is 36.2 Å². The van der Waals surface area contributed by atoms with Crippen molar-refractivity contribution in [2.45, 2.75) is 19.1 Å². The second-order valence-electron chi connectivity index (χ2n) is 5.72. The third kappa shape index (κ3) is 2.63. The first-order valence-corrected chi connectivity index (χ1v) is 7.74. The van der Waals surface area contributed by atoms with Crippen LogP contribution in [-0.2, 0) is 11.3 Å². The van der Waals surface area contributed by atoms with Gasteiger partial charge in [0.15, 0.2) is 0 Å². The molecular formula is C18H19N3O. The third-order valence-corrected chi connectivity index (χ3v) is 4.22. The van der Waals surface area contributed by atoms with Crippen LogP contribution in [0.5, 0.6) is 0 Å². The van der Waals surface area contributed by atoms with Gasteiger partial charge < -0.3 is 15.0 Å². The highest BCUT2D eigenvalue weighted by atomic mass is 16.5. The number of aromatic nitrogens is 2. The summed E-state index contributed by atoms with van der Waals surface area (Å²) in [5.41, 5.74) is 4.47. The summed E-state index contributed by atoms with van der Waals surface area (Å²) >= 11 is 0. The van der Waals surface area contributed by atoms with Gasteiger partial charge in [0.2, 0.25) is 0 Å². The maximum Gasteiger partial charge on any atom is 0.137 e. The van der Waals surface area contributed by atoms with E-state index >= 15 is 0 Å². The van der Waals surface area contributed by atoms with Crippen molar-refractivity contribution >= 4 is 11.0 Å². The minimum atomic E-state index is 0.332. The van der Waals surface area contributed by atoms with Gasteiger partial charge in [0.1, 0.15) is 5.65 Å². The van der Waals surface area contributed by atoms with E-state index in [-0.39, 0.29) is 0 Å². The van der Waals surface area contributed by atoms with Gasteiger partial charge in [-0.3, -0.25) is 0 Å². The van der Waals surface area contributed by atoms with Gasteiger partial charge in [-0.2, -0.15) is 0 Å². The number of fused-ring (bicyclic) bond motifs is 1. The number of rotatable bonds is 4. The maximum atomic E-state index is 6.03. The second-order valence-corrected chi connectivity index (χ2v) is 5.72. The van der Waals surface area contributed by atoms with Crippen molar-refractivity contribution < 1.29 is 4.74 Å². The normalized spacial score (nSPS) is 18.1. The quantitative estimate of drug-likeness (QED) is 0.777. The van der Waals surface area contributed by atoms with E-state index in [1.807, 2.05) is 12.4 Å². The summed E-state index contributed by atoms with van der Waals surface area (Å²) in [5.74, 6) is 0. The van der Waals surface area contributed by atoms with Crippen molar-refractivity contribution in [1.82, 2.24) is 15.3 Å². The van der Waals surface area contributed by atoms with Gasteiger partial charge >= 0.3 is 0 Å². The molecule has 1 aliphatic heterocycles. The standard InChI is InChI=1S/C18H19N3O/c1-2-4-17(14(3-1)12-22-16-6-7-19-11-16)15-9-13-5-8-20-18(13)21-10-15/h1-5,8-10,16,19H,6-7,11-12H2,(H,20,21). The fourth-order valence-corrected chi connectivity index (χ4v) is 2.99. The SMILES string of the molecule is c1ccc(-c2cnc3[nH]ccc3c2)c(COC2CCNC2)c1. The van der Waals surface area contributed by atoms with Crippen molar-refractivity contribution in [1.29, 1.82) is 0 Å². The Morgan fingerprint density at radius 3 is 3.09 bits per heavy atom. The Morgan fingerprint density at radius 1 is 1.23 bits per heavy atom. The minimum Gasteiger partial charge on any atom is -0.372 e. The summed E-state index contributed by atoms with van der Waals surface area (Å²) in [5, 5.41) is 4.47. The van der Waals surface area contributed by atoms with Crippen LogP contribution >= 0.6 is 0 Å². The molecular weight excluding hydrogens is 274 g/mol. The van der Waals surface area contributed by atoms with Crippen molar-refractivity contribution in [2.24, 2.45) is 0 Å². The van der Waals surface area contributed by atoms with Crippen LogP contribution in [0.2, 0.25) is 0 Å². The Labute approximate surface area is 129 Å². The summed E-state index contributed by atoms with van der Waals surface area (Å²) in [7, 11) is 0. The van der Waals surface area contributed by atoms with Crippen molar-refractivity contribution in [3.8, 4) is 11.1 Å². The van der Waals surface area contributed by atoms with Crippen molar-refractivity contribution in [2.75, 3.05) is 13.1 Å². The molecule has 2 aromatic heterocycles. The lowest BCUT2D eigenvalue weighted by Gasteiger charge is -2.14. The van der Waals surface area contributed by atoms with Gasteiger partial charge in [-0.1, -0.05) is 24.3 Å². The van der Waals surface area contributed by atoms with E-state index in [0.29, 0.717) is 12.7 Å². The Balaban J connectivity index is 1.62. The van der Waals surface area contributed by atoms with Gasteiger partial charge in [-0.15, -0.1) is 0 Å². The fourth-order valence-electron chi connectivity index (χ4n) is 2.99. The van der Waals surface area contributed by atoms with Crippen LogP contribution in [0.3, 0.4) is 0 Å². The molecule has 0 saturated carbocycles. The van der Waals surface area contributed by atoms with E-state index in [1.54, 1.807) is 0 Å². The minimum absolute atomic E-state index is 0.332. The van der Waals surface area contributed by atoms with Crippen LogP contribution in [0, 0.1) is 0 Å². The predicted octanol–water partition coefficient (Wildman–Crippen LogP) is 3.11. The molecule has 0 radical (unpaired) electrons. The van der Waals surface area contributed by atoms with E-state index in [0.717, 1.165) is 36.1 Å². The first kappa shape index (κ1) is 13.5. The molecule has 22 heavy (non-hydrogen) atoms. The lowest BCUT2D eigenvalue weighted by Crippen LogP contribution is -2.16. The summed E-state index contributed by atoms with van der Waals surface area (Å²) in [6.45, 7) is 2.66. The molecule has 2 N–H and O–H groups in total. The topological polar surface area (TPSA) is 49.9 Å². The number of pyridine rings is 1. The largest absolute Gasteiger partial charge is 0.372 e. The van der Waals surface area contributed by atoms with Crippen LogP contribution in [0.15, 0.2) is 48.8 Å². The summed E-state index contributed by atoms with van der Waals surface area (Å²) in [4.78, 5) is 7.62. The number of benzene rings is 1. The molecule has 1 atom stereocenters. The molecule has 1 aromatic carbocycles. The monoisotopic (exact) mass is 293 g/mol. The first-order valence-electron chi connectivity index (χ1n) is 7.74. The van der Waals surface area contributed by atoms with E-state index in [9.17, 15) is 0 Å². The Hall–Kier alpha value is -2.17. The zero-order chi connectivity index (χ0) is 14.8. The van der Waals surface area contributed by atoms with E-state index in [2.05, 4.69) is 51.7 Å². The zero-order valence-electron chi connectivity index (χ0n) is 12.4. The van der Waals surface area contributed by atoms with E-state index in [4.69, 9.17) is 4.74 Å². The maximum absolute atomic E-state index is 6.03. The van der Waals surface area contributed by atoms with Gasteiger partial charge in [-0.25, -0.2) is 4.98 Å². The number of hydrogen-bond acceptors (Lipinski definition) is 3. The molecule has 0 bridgehead atoms. The molecule has 1 unspecified atom stereocenters. The van der Waals surface area contributed by atoms with E-state index in [1.165, 1.54) is 11.1 Å². The lowest BCUT2D eigenvalue weighted by atomic mass is 10.0. The smallest absolute Gasteiger partial charge is 0.137 e. The highest BCUT2D eigenvalue weighted by Gasteiger charge is 2.15. The molecule has 4 nitrogen and oxygen atoms in total. The molecule has 1 aliphatic rings. The Morgan fingerprint density at radius 2 is 2.18 bits per heavy atom. The second kappa shape index (κ2) is 5.91. The number of ether oxygens (including phenoxy) is 1. The van der Waals surface area contributed by atoms with Crippen LogP contribution in [-0.4, -0.2) is 29.2 Å². The van der Waals surface area contributed by atoms with Gasteiger partial charge in [0.05, 0.1) is 12.7 Å². The molecule has 3 aromatic rings. The van der Waals surface area contributed by atoms with Crippen molar-refractivity contribution in [3.05, 3.63) is 54.4 Å². The van der Waals surface area contributed by atoms with Crippen LogP contribution < -0.4 is 5.32 Å². The van der Waals surface area contributed by atoms with Crippen LogP contribution in [0.25, 0.3) is 22.2 Å². The van der Waals surface area contributed by atoms with Gasteiger partial charge in [0.25, 0.3) is 0 Å². The molecule has 1 fully saturated rings.